The maximum atomic E-state index is 12.1. The van der Waals surface area contributed by atoms with Gasteiger partial charge in [0.15, 0.2) is 9.84 Å². The van der Waals surface area contributed by atoms with Gasteiger partial charge < -0.3 is 9.88 Å². The molecule has 1 aromatic heterocycles. The van der Waals surface area contributed by atoms with Gasteiger partial charge in [-0.3, -0.25) is 4.79 Å². The highest BCUT2D eigenvalue weighted by atomic mass is 32.2. The average Bonchev–Trinajstić information content (AvgIpc) is 2.73. The predicted molar refractivity (Wildman–Crippen MR) is 69.3 cm³/mol. The molecule has 2 heterocycles. The minimum absolute atomic E-state index is 0.158. The minimum atomic E-state index is -3.03. The van der Waals surface area contributed by atoms with E-state index in [2.05, 4.69) is 5.32 Å². The second-order valence-corrected chi connectivity index (χ2v) is 7.38. The summed E-state index contributed by atoms with van der Waals surface area (Å²) in [6, 6.07) is 1.58. The molecule has 0 saturated carbocycles. The Morgan fingerprint density at radius 3 is 2.61 bits per heavy atom. The fourth-order valence-electron chi connectivity index (χ4n) is 2.38. The number of nitrogens with one attached hydrogen (secondary N) is 1. The number of hydrogen-bond donors (Lipinski definition) is 1. The van der Waals surface area contributed by atoms with Crippen LogP contribution in [0.5, 0.6) is 0 Å². The molecule has 1 amide bonds. The number of aromatic nitrogens is 1. The van der Waals surface area contributed by atoms with E-state index in [0.29, 0.717) is 12.1 Å². The smallest absolute Gasteiger partial charge is 0.268 e. The van der Waals surface area contributed by atoms with Gasteiger partial charge >= 0.3 is 0 Å². The summed E-state index contributed by atoms with van der Waals surface area (Å²) in [5.74, 6) is -0.0421. The van der Waals surface area contributed by atoms with Gasteiger partial charge in [-0.25, -0.2) is 8.42 Å². The highest BCUT2D eigenvalue weighted by Crippen LogP contribution is 2.21. The average molecular weight is 270 g/mol. The summed E-state index contributed by atoms with van der Waals surface area (Å²) in [7, 11) is -1.23. The molecule has 1 N–H and O–H groups in total. The van der Waals surface area contributed by atoms with E-state index in [9.17, 15) is 13.2 Å². The third-order valence-electron chi connectivity index (χ3n) is 3.65. The van der Waals surface area contributed by atoms with Crippen molar-refractivity contribution in [3.8, 4) is 0 Å². The molecule has 1 aliphatic heterocycles. The van der Waals surface area contributed by atoms with E-state index >= 15 is 0 Å². The molecule has 5 nitrogen and oxygen atoms in total. The third kappa shape index (κ3) is 2.16. The maximum Gasteiger partial charge on any atom is 0.268 e. The molecule has 0 radical (unpaired) electrons. The number of sulfone groups is 1. The van der Waals surface area contributed by atoms with Crippen molar-refractivity contribution < 1.29 is 13.2 Å². The highest BCUT2D eigenvalue weighted by Gasteiger charge is 2.37. The molecule has 1 fully saturated rings. The van der Waals surface area contributed by atoms with Gasteiger partial charge in [-0.1, -0.05) is 0 Å². The molecular formula is C12H18N2O3S. The molecule has 1 aliphatic rings. The van der Waals surface area contributed by atoms with Crippen LogP contribution in [0.2, 0.25) is 0 Å². The number of carbonyl (C=O) groups excluding carboxylic acids is 1. The monoisotopic (exact) mass is 270 g/mol. The van der Waals surface area contributed by atoms with E-state index in [0.717, 1.165) is 5.56 Å². The second-order valence-electron chi connectivity index (χ2n) is 4.90. The quantitative estimate of drug-likeness (QED) is 0.857. The Bertz CT molecular complexity index is 555. The lowest BCUT2D eigenvalue weighted by molar-refractivity contribution is 0.0928. The molecule has 18 heavy (non-hydrogen) atoms. The summed E-state index contributed by atoms with van der Waals surface area (Å²) >= 11 is 0. The summed E-state index contributed by atoms with van der Waals surface area (Å²) in [4.78, 5) is 12.1. The largest absolute Gasteiger partial charge is 0.347 e. The summed E-state index contributed by atoms with van der Waals surface area (Å²) in [6.07, 6.45) is 2.32. The first-order chi connectivity index (χ1) is 8.33. The van der Waals surface area contributed by atoms with Gasteiger partial charge in [-0.2, -0.15) is 0 Å². The molecule has 0 unspecified atom stereocenters. The van der Waals surface area contributed by atoms with Crippen molar-refractivity contribution in [2.45, 2.75) is 31.6 Å². The molecule has 1 aromatic rings. The Balaban J connectivity index is 2.15. The van der Waals surface area contributed by atoms with Crippen LogP contribution < -0.4 is 5.32 Å². The van der Waals surface area contributed by atoms with Crippen molar-refractivity contribution in [3.05, 3.63) is 23.5 Å². The zero-order valence-corrected chi connectivity index (χ0v) is 11.6. The first-order valence-corrected chi connectivity index (χ1v) is 7.69. The number of aryl methyl sites for hydroxylation is 2. The van der Waals surface area contributed by atoms with E-state index in [1.54, 1.807) is 18.5 Å². The van der Waals surface area contributed by atoms with Gasteiger partial charge in [-0.15, -0.1) is 0 Å². The number of carbonyl (C=O) groups is 1. The summed E-state index contributed by atoms with van der Waals surface area (Å²) in [5.41, 5.74) is 1.48. The van der Waals surface area contributed by atoms with Crippen LogP contribution in [0.1, 0.15) is 29.4 Å². The van der Waals surface area contributed by atoms with Crippen LogP contribution in [-0.4, -0.2) is 35.9 Å². The zero-order valence-electron chi connectivity index (χ0n) is 10.8. The first-order valence-electron chi connectivity index (χ1n) is 5.97. The van der Waals surface area contributed by atoms with Gasteiger partial charge in [0.2, 0.25) is 0 Å². The SMILES string of the molecule is Cc1ccn(C)c1C(=O)N[C@H]1CCS(=O)(=O)[C@H]1C. The van der Waals surface area contributed by atoms with Crippen LogP contribution in [0.15, 0.2) is 12.3 Å². The van der Waals surface area contributed by atoms with Crippen molar-refractivity contribution in [2.24, 2.45) is 7.05 Å². The Labute approximate surface area is 107 Å². The summed E-state index contributed by atoms with van der Waals surface area (Å²) in [6.45, 7) is 3.52. The third-order valence-corrected chi connectivity index (χ3v) is 5.92. The molecule has 100 valence electrons. The van der Waals surface area contributed by atoms with Crippen LogP contribution in [0.25, 0.3) is 0 Å². The number of rotatable bonds is 2. The van der Waals surface area contributed by atoms with Crippen molar-refractivity contribution in [1.82, 2.24) is 9.88 Å². The minimum Gasteiger partial charge on any atom is -0.347 e. The van der Waals surface area contributed by atoms with Crippen LogP contribution in [-0.2, 0) is 16.9 Å². The van der Waals surface area contributed by atoms with Gasteiger partial charge in [0, 0.05) is 19.3 Å². The van der Waals surface area contributed by atoms with Gasteiger partial charge in [-0.05, 0) is 31.9 Å². The first kappa shape index (κ1) is 13.1. The predicted octanol–water partition coefficient (Wildman–Crippen LogP) is 0.639. The molecule has 1 saturated heterocycles. The lowest BCUT2D eigenvalue weighted by atomic mass is 10.1. The number of hydrogen-bond acceptors (Lipinski definition) is 3. The Kier molecular flexibility index (Phi) is 3.23. The van der Waals surface area contributed by atoms with Gasteiger partial charge in [0.05, 0.1) is 11.0 Å². The zero-order chi connectivity index (χ0) is 13.5. The fraction of sp³-hybridized carbons (Fsp3) is 0.583. The second kappa shape index (κ2) is 4.42. The molecule has 0 spiro atoms. The van der Waals surface area contributed by atoms with Gasteiger partial charge in [0.25, 0.3) is 5.91 Å². The lowest BCUT2D eigenvalue weighted by Gasteiger charge is -2.16. The van der Waals surface area contributed by atoms with Crippen LogP contribution >= 0.6 is 0 Å². The van der Waals surface area contributed by atoms with E-state index in [4.69, 9.17) is 0 Å². The van der Waals surface area contributed by atoms with E-state index in [1.165, 1.54) is 0 Å². The van der Waals surface area contributed by atoms with Crippen LogP contribution in [0.3, 0.4) is 0 Å². The standard InChI is InChI=1S/C12H18N2O3S/c1-8-4-6-14(3)11(8)12(15)13-10-5-7-18(16,17)9(10)2/h4,6,9-10H,5,7H2,1-3H3,(H,13,15)/t9-,10-/m0/s1. The Morgan fingerprint density at radius 2 is 2.17 bits per heavy atom. The van der Waals surface area contributed by atoms with E-state index in [-0.39, 0.29) is 17.7 Å². The normalized spacial score (nSPS) is 26.2. The molecular weight excluding hydrogens is 252 g/mol. The summed E-state index contributed by atoms with van der Waals surface area (Å²) < 4.78 is 25.0. The van der Waals surface area contributed by atoms with Crippen molar-refractivity contribution in [2.75, 3.05) is 5.75 Å². The molecule has 0 aliphatic carbocycles. The van der Waals surface area contributed by atoms with Crippen molar-refractivity contribution in [3.63, 3.8) is 0 Å². The van der Waals surface area contributed by atoms with E-state index < -0.39 is 15.1 Å². The molecule has 2 rings (SSSR count). The maximum absolute atomic E-state index is 12.1. The number of nitrogens with zero attached hydrogens (tertiary/aromatic N) is 1. The van der Waals surface area contributed by atoms with Crippen molar-refractivity contribution >= 4 is 15.7 Å². The highest BCUT2D eigenvalue weighted by molar-refractivity contribution is 7.92. The molecule has 6 heteroatoms. The van der Waals surface area contributed by atoms with Gasteiger partial charge in [0.1, 0.15) is 5.69 Å². The lowest BCUT2D eigenvalue weighted by Crippen LogP contribution is -2.41. The molecule has 0 bridgehead atoms. The number of amides is 1. The molecule has 0 aromatic carbocycles. The van der Waals surface area contributed by atoms with Crippen molar-refractivity contribution in [1.29, 1.82) is 0 Å². The fourth-order valence-corrected chi connectivity index (χ4v) is 4.04. The summed E-state index contributed by atoms with van der Waals surface area (Å²) in [5, 5.41) is 2.33. The Morgan fingerprint density at radius 1 is 1.50 bits per heavy atom. The topological polar surface area (TPSA) is 68.2 Å². The van der Waals surface area contributed by atoms with Crippen LogP contribution in [0, 0.1) is 6.92 Å². The molecule has 2 atom stereocenters. The Hall–Kier alpha value is -1.30. The van der Waals surface area contributed by atoms with Crippen LogP contribution in [0.4, 0.5) is 0 Å². The van der Waals surface area contributed by atoms with E-state index in [1.807, 2.05) is 19.2 Å².